The maximum absolute atomic E-state index is 13.6. The SMILES string of the molecule is Cc1cc(C(=O)N2C[C@H]3CCCC(=O)N(Cc4cccc(F)c4)[C@H]3C2)ccn1. The first kappa shape index (κ1) is 18.6. The number of halogens is 1. The van der Waals surface area contributed by atoms with E-state index in [1.807, 2.05) is 22.8 Å². The third-order valence-electron chi connectivity index (χ3n) is 5.77. The number of amides is 2. The van der Waals surface area contributed by atoms with Crippen LogP contribution in [-0.4, -0.2) is 45.7 Å². The zero-order chi connectivity index (χ0) is 19.7. The van der Waals surface area contributed by atoms with Crippen molar-refractivity contribution in [3.63, 3.8) is 0 Å². The fraction of sp³-hybridized carbons (Fsp3) is 0.409. The summed E-state index contributed by atoms with van der Waals surface area (Å²) in [6, 6.07) is 9.90. The summed E-state index contributed by atoms with van der Waals surface area (Å²) in [4.78, 5) is 33.6. The average molecular weight is 381 g/mol. The van der Waals surface area contributed by atoms with E-state index in [-0.39, 0.29) is 29.6 Å². The van der Waals surface area contributed by atoms with Gasteiger partial charge in [-0.2, -0.15) is 0 Å². The Balaban J connectivity index is 1.55. The van der Waals surface area contributed by atoms with Gasteiger partial charge in [-0.15, -0.1) is 0 Å². The van der Waals surface area contributed by atoms with E-state index < -0.39 is 0 Å². The maximum Gasteiger partial charge on any atom is 0.254 e. The highest BCUT2D eigenvalue weighted by Gasteiger charge is 2.41. The van der Waals surface area contributed by atoms with Gasteiger partial charge in [0, 0.05) is 43.5 Å². The molecule has 0 saturated carbocycles. The monoisotopic (exact) mass is 381 g/mol. The molecule has 2 fully saturated rings. The van der Waals surface area contributed by atoms with E-state index in [0.717, 1.165) is 24.1 Å². The number of pyridine rings is 1. The van der Waals surface area contributed by atoms with E-state index in [9.17, 15) is 14.0 Å². The molecule has 2 atom stereocenters. The van der Waals surface area contributed by atoms with Crippen LogP contribution in [0.3, 0.4) is 0 Å². The van der Waals surface area contributed by atoms with Gasteiger partial charge in [0.1, 0.15) is 5.82 Å². The van der Waals surface area contributed by atoms with Crippen LogP contribution in [0, 0.1) is 18.7 Å². The van der Waals surface area contributed by atoms with E-state index in [1.165, 1.54) is 12.1 Å². The average Bonchev–Trinajstić information content (AvgIpc) is 3.03. The number of nitrogens with zero attached hydrogens (tertiary/aromatic N) is 3. The van der Waals surface area contributed by atoms with E-state index >= 15 is 0 Å². The molecule has 5 nitrogen and oxygen atoms in total. The molecule has 3 heterocycles. The summed E-state index contributed by atoms with van der Waals surface area (Å²) < 4.78 is 13.6. The Bertz CT molecular complexity index is 901. The number of aryl methyl sites for hydroxylation is 1. The van der Waals surface area contributed by atoms with E-state index in [4.69, 9.17) is 0 Å². The van der Waals surface area contributed by atoms with Gasteiger partial charge in [-0.3, -0.25) is 14.6 Å². The normalized spacial score (nSPS) is 22.1. The number of benzene rings is 1. The highest BCUT2D eigenvalue weighted by Crippen LogP contribution is 2.32. The van der Waals surface area contributed by atoms with Gasteiger partial charge in [-0.25, -0.2) is 4.39 Å². The molecule has 1 aromatic heterocycles. The van der Waals surface area contributed by atoms with Crippen molar-refractivity contribution in [2.45, 2.75) is 38.8 Å². The smallest absolute Gasteiger partial charge is 0.254 e. The Kier molecular flexibility index (Phi) is 5.11. The lowest BCUT2D eigenvalue weighted by atomic mass is 9.98. The Morgan fingerprint density at radius 2 is 2.11 bits per heavy atom. The summed E-state index contributed by atoms with van der Waals surface area (Å²) in [5.74, 6) is 0.0297. The fourth-order valence-corrected chi connectivity index (χ4v) is 4.40. The lowest BCUT2D eigenvalue weighted by molar-refractivity contribution is -0.133. The Hall–Kier alpha value is -2.76. The Morgan fingerprint density at radius 3 is 2.89 bits per heavy atom. The summed E-state index contributed by atoms with van der Waals surface area (Å²) in [5, 5.41) is 0. The lowest BCUT2D eigenvalue weighted by Gasteiger charge is -2.30. The van der Waals surface area contributed by atoms with Gasteiger partial charge in [0.2, 0.25) is 5.91 Å². The predicted octanol–water partition coefficient (Wildman–Crippen LogP) is 3.18. The third kappa shape index (κ3) is 3.77. The maximum atomic E-state index is 13.6. The number of carbonyl (C=O) groups is 2. The molecule has 1 aromatic carbocycles. The van der Waals surface area contributed by atoms with E-state index in [0.29, 0.717) is 31.6 Å². The highest BCUT2D eigenvalue weighted by molar-refractivity contribution is 5.94. The molecule has 6 heteroatoms. The second kappa shape index (κ2) is 7.70. The molecule has 2 saturated heterocycles. The van der Waals surface area contributed by atoms with Gasteiger partial charge < -0.3 is 9.80 Å². The number of carbonyl (C=O) groups excluding carboxylic acids is 2. The Morgan fingerprint density at radius 1 is 1.25 bits per heavy atom. The zero-order valence-electron chi connectivity index (χ0n) is 16.0. The second-order valence-corrected chi connectivity index (χ2v) is 7.77. The molecule has 0 radical (unpaired) electrons. The van der Waals surface area contributed by atoms with E-state index in [1.54, 1.807) is 24.4 Å². The van der Waals surface area contributed by atoms with Crippen LogP contribution in [0.2, 0.25) is 0 Å². The first-order valence-corrected chi connectivity index (χ1v) is 9.77. The standard InChI is InChI=1S/C22H24FN3O2/c1-15-10-17(8-9-24-15)22(28)25-13-18-5-3-7-21(27)26(20(18)14-25)12-16-4-2-6-19(23)11-16/h2,4,6,8-11,18,20H,3,5,7,12-14H2,1H3/t18-,20+/m1/s1. The van der Waals surface area contributed by atoms with Crippen LogP contribution in [-0.2, 0) is 11.3 Å². The molecule has 2 aliphatic heterocycles. The zero-order valence-corrected chi connectivity index (χ0v) is 16.0. The van der Waals surface area contributed by atoms with E-state index in [2.05, 4.69) is 4.98 Å². The highest BCUT2D eigenvalue weighted by atomic mass is 19.1. The first-order chi connectivity index (χ1) is 13.5. The van der Waals surface area contributed by atoms with Crippen molar-refractivity contribution in [1.82, 2.24) is 14.8 Å². The van der Waals surface area contributed by atoms with Crippen LogP contribution in [0.1, 0.15) is 40.9 Å². The van der Waals surface area contributed by atoms with Gasteiger partial charge in [-0.05, 0) is 55.5 Å². The van der Waals surface area contributed by atoms with Crippen LogP contribution in [0.4, 0.5) is 4.39 Å². The summed E-state index contributed by atoms with van der Waals surface area (Å²) in [7, 11) is 0. The molecule has 0 spiro atoms. The van der Waals surface area contributed by atoms with Crippen molar-refractivity contribution < 1.29 is 14.0 Å². The number of aromatic nitrogens is 1. The first-order valence-electron chi connectivity index (χ1n) is 9.77. The van der Waals surface area contributed by atoms with Crippen molar-refractivity contribution in [3.8, 4) is 0 Å². The van der Waals surface area contributed by atoms with Gasteiger partial charge in [0.05, 0.1) is 6.04 Å². The molecule has 2 amide bonds. The third-order valence-corrected chi connectivity index (χ3v) is 5.77. The molecule has 28 heavy (non-hydrogen) atoms. The molecule has 0 unspecified atom stereocenters. The van der Waals surface area contributed by atoms with Crippen LogP contribution in [0.5, 0.6) is 0 Å². The largest absolute Gasteiger partial charge is 0.336 e. The molecular formula is C22H24FN3O2. The summed E-state index contributed by atoms with van der Waals surface area (Å²) in [5.41, 5.74) is 2.22. The van der Waals surface area contributed by atoms with Crippen molar-refractivity contribution >= 4 is 11.8 Å². The fourth-order valence-electron chi connectivity index (χ4n) is 4.40. The number of hydrogen-bond acceptors (Lipinski definition) is 3. The molecule has 2 aliphatic rings. The van der Waals surface area contributed by atoms with Crippen LogP contribution in [0.25, 0.3) is 0 Å². The molecule has 146 valence electrons. The van der Waals surface area contributed by atoms with Crippen molar-refractivity contribution in [3.05, 3.63) is 65.2 Å². The quantitative estimate of drug-likeness (QED) is 0.821. The van der Waals surface area contributed by atoms with Gasteiger partial charge in [0.25, 0.3) is 5.91 Å². The van der Waals surface area contributed by atoms with Gasteiger partial charge in [0.15, 0.2) is 0 Å². The minimum absolute atomic E-state index is 0.0169. The van der Waals surface area contributed by atoms with Crippen LogP contribution < -0.4 is 0 Å². The summed E-state index contributed by atoms with van der Waals surface area (Å²) in [6.45, 7) is 3.42. The number of rotatable bonds is 3. The number of hydrogen-bond donors (Lipinski definition) is 0. The topological polar surface area (TPSA) is 53.5 Å². The predicted molar refractivity (Wildman–Crippen MR) is 103 cm³/mol. The summed E-state index contributed by atoms with van der Waals surface area (Å²) >= 11 is 0. The van der Waals surface area contributed by atoms with Crippen LogP contribution in [0.15, 0.2) is 42.6 Å². The van der Waals surface area contributed by atoms with Crippen molar-refractivity contribution in [1.29, 1.82) is 0 Å². The molecule has 4 rings (SSSR count). The minimum atomic E-state index is -0.299. The molecule has 0 aliphatic carbocycles. The second-order valence-electron chi connectivity index (χ2n) is 7.77. The minimum Gasteiger partial charge on any atom is -0.336 e. The Labute approximate surface area is 164 Å². The number of fused-ring (bicyclic) bond motifs is 1. The molecule has 2 aromatic rings. The summed E-state index contributed by atoms with van der Waals surface area (Å²) in [6.07, 6.45) is 3.92. The van der Waals surface area contributed by atoms with Gasteiger partial charge >= 0.3 is 0 Å². The van der Waals surface area contributed by atoms with Gasteiger partial charge in [-0.1, -0.05) is 12.1 Å². The van der Waals surface area contributed by atoms with Crippen molar-refractivity contribution in [2.75, 3.05) is 13.1 Å². The molecule has 0 N–H and O–H groups in total. The number of likely N-dealkylation sites (tertiary alicyclic amines) is 2. The van der Waals surface area contributed by atoms with Crippen LogP contribution >= 0.6 is 0 Å². The molecular weight excluding hydrogens is 357 g/mol. The lowest BCUT2D eigenvalue weighted by Crippen LogP contribution is -2.43. The van der Waals surface area contributed by atoms with Crippen molar-refractivity contribution in [2.24, 2.45) is 5.92 Å². The molecule has 0 bridgehead atoms.